The number of imidazole rings is 1. The summed E-state index contributed by atoms with van der Waals surface area (Å²) in [6.07, 6.45) is -0.0942. The van der Waals surface area contributed by atoms with Gasteiger partial charge in [0.1, 0.15) is 0 Å². The van der Waals surface area contributed by atoms with Crippen molar-refractivity contribution in [1.29, 1.82) is 0 Å². The second-order valence-corrected chi connectivity index (χ2v) is 9.89. The second kappa shape index (κ2) is 13.9. The Kier molecular flexibility index (Phi) is 10.9. The maximum Gasteiger partial charge on any atom is 0.416 e. The Hall–Kier alpha value is -2.91. The first-order chi connectivity index (χ1) is 18.7. The average Bonchev–Trinajstić information content (AvgIpc) is 3.30. The Morgan fingerprint density at radius 1 is 1.10 bits per heavy atom. The van der Waals surface area contributed by atoms with Crippen LogP contribution in [0.15, 0.2) is 42.5 Å². The van der Waals surface area contributed by atoms with Gasteiger partial charge in [-0.2, -0.15) is 13.2 Å². The topological polar surface area (TPSA) is 70.4 Å². The molecule has 0 unspecified atom stereocenters. The standard InChI is InChI=1S/C28H35F3N4O2.C2H6/c1-3-14-34(4-2)17-20-10-13-25-24(15-20)32-27(35(25)23-11-8-19(18-36)9-12-23)33-26(37)21-6-5-7-22(16-21)28(29,30)31;1-2/h5-7,10,13,15-16,19,23,36H,3-4,8-9,11-12,14,17-18H2,1-2H3,(H,32,33,37);1-2H3. The minimum absolute atomic E-state index is 0.0719. The van der Waals surface area contributed by atoms with Crippen molar-refractivity contribution in [2.45, 2.75) is 78.6 Å². The molecule has 0 saturated heterocycles. The number of amides is 1. The van der Waals surface area contributed by atoms with Crippen molar-refractivity contribution in [1.82, 2.24) is 14.5 Å². The number of benzene rings is 2. The number of fused-ring (bicyclic) bond motifs is 1. The summed E-state index contributed by atoms with van der Waals surface area (Å²) in [4.78, 5) is 20.2. The predicted octanol–water partition coefficient (Wildman–Crippen LogP) is 7.29. The molecule has 1 heterocycles. The van der Waals surface area contributed by atoms with Gasteiger partial charge in [0.15, 0.2) is 0 Å². The van der Waals surface area contributed by atoms with Crippen LogP contribution in [0, 0.1) is 5.92 Å². The number of aromatic nitrogens is 2. The molecule has 1 aliphatic carbocycles. The predicted molar refractivity (Wildman–Crippen MR) is 150 cm³/mol. The molecule has 2 aromatic carbocycles. The van der Waals surface area contributed by atoms with Crippen LogP contribution in [0.5, 0.6) is 0 Å². The number of carbonyl (C=O) groups is 1. The van der Waals surface area contributed by atoms with Crippen LogP contribution in [0.25, 0.3) is 11.0 Å². The van der Waals surface area contributed by atoms with E-state index >= 15 is 0 Å². The molecule has 9 heteroatoms. The summed E-state index contributed by atoms with van der Waals surface area (Å²) in [7, 11) is 0. The maximum absolute atomic E-state index is 13.2. The Morgan fingerprint density at radius 2 is 1.82 bits per heavy atom. The van der Waals surface area contributed by atoms with Gasteiger partial charge >= 0.3 is 6.18 Å². The van der Waals surface area contributed by atoms with Gasteiger partial charge in [0.2, 0.25) is 5.95 Å². The van der Waals surface area contributed by atoms with Crippen LogP contribution >= 0.6 is 0 Å². The highest BCUT2D eigenvalue weighted by Gasteiger charge is 2.31. The van der Waals surface area contributed by atoms with Crippen molar-refractivity contribution < 1.29 is 23.1 Å². The van der Waals surface area contributed by atoms with Gasteiger partial charge < -0.3 is 9.67 Å². The molecule has 0 spiro atoms. The molecule has 1 amide bonds. The number of aliphatic hydroxyl groups is 1. The van der Waals surface area contributed by atoms with E-state index in [-0.39, 0.29) is 24.1 Å². The Morgan fingerprint density at radius 3 is 2.44 bits per heavy atom. The SMILES string of the molecule is CC.CCCN(CC)Cc1ccc2c(c1)nc(NC(=O)c1cccc(C(F)(F)F)c1)n2C1CCC(CO)CC1. The van der Waals surface area contributed by atoms with Crippen LogP contribution in [-0.4, -0.2) is 45.2 Å². The van der Waals surface area contributed by atoms with Crippen molar-refractivity contribution in [3.63, 3.8) is 0 Å². The summed E-state index contributed by atoms with van der Waals surface area (Å²) < 4.78 is 41.6. The van der Waals surface area contributed by atoms with E-state index < -0.39 is 17.6 Å². The minimum Gasteiger partial charge on any atom is -0.396 e. The Bertz CT molecular complexity index is 1220. The van der Waals surface area contributed by atoms with Crippen molar-refractivity contribution in [3.8, 4) is 0 Å². The zero-order chi connectivity index (χ0) is 28.6. The van der Waals surface area contributed by atoms with Gasteiger partial charge in [0, 0.05) is 24.8 Å². The molecule has 0 aliphatic heterocycles. The van der Waals surface area contributed by atoms with Gasteiger partial charge in [-0.1, -0.05) is 39.8 Å². The van der Waals surface area contributed by atoms with Gasteiger partial charge in [0.05, 0.1) is 16.6 Å². The molecule has 214 valence electrons. The number of alkyl halides is 3. The van der Waals surface area contributed by atoms with E-state index in [0.29, 0.717) is 5.95 Å². The first-order valence-electron chi connectivity index (χ1n) is 14.1. The highest BCUT2D eigenvalue weighted by Crippen LogP contribution is 2.37. The number of hydrogen-bond donors (Lipinski definition) is 2. The fourth-order valence-electron chi connectivity index (χ4n) is 5.22. The lowest BCUT2D eigenvalue weighted by molar-refractivity contribution is -0.137. The molecule has 1 fully saturated rings. The van der Waals surface area contributed by atoms with Crippen LogP contribution in [0.1, 0.15) is 87.3 Å². The third-order valence-electron chi connectivity index (χ3n) is 7.26. The molecule has 1 saturated carbocycles. The molecular formula is C30H41F3N4O2. The van der Waals surface area contributed by atoms with E-state index in [9.17, 15) is 23.1 Å². The van der Waals surface area contributed by atoms with E-state index in [1.54, 1.807) is 0 Å². The first kappa shape index (κ1) is 30.6. The Labute approximate surface area is 229 Å². The van der Waals surface area contributed by atoms with Gasteiger partial charge in [-0.15, -0.1) is 0 Å². The zero-order valence-electron chi connectivity index (χ0n) is 23.4. The largest absolute Gasteiger partial charge is 0.416 e. The number of rotatable bonds is 9. The van der Waals surface area contributed by atoms with Gasteiger partial charge in [0.25, 0.3) is 5.91 Å². The average molecular weight is 547 g/mol. The minimum atomic E-state index is -4.53. The number of aliphatic hydroxyl groups excluding tert-OH is 1. The summed E-state index contributed by atoms with van der Waals surface area (Å²) in [5, 5.41) is 12.4. The molecule has 0 bridgehead atoms. The molecule has 0 radical (unpaired) electrons. The third-order valence-corrected chi connectivity index (χ3v) is 7.26. The summed E-state index contributed by atoms with van der Waals surface area (Å²) in [6.45, 7) is 11.2. The molecule has 1 aliphatic rings. The van der Waals surface area contributed by atoms with E-state index in [0.717, 1.165) is 80.5 Å². The highest BCUT2D eigenvalue weighted by atomic mass is 19.4. The van der Waals surface area contributed by atoms with E-state index in [1.165, 1.54) is 12.1 Å². The van der Waals surface area contributed by atoms with Crippen molar-refractivity contribution in [2.75, 3.05) is 25.0 Å². The normalized spacial score (nSPS) is 17.7. The van der Waals surface area contributed by atoms with Crippen LogP contribution in [0.4, 0.5) is 19.1 Å². The molecule has 1 aromatic heterocycles. The summed E-state index contributed by atoms with van der Waals surface area (Å²) in [6, 6.07) is 10.6. The van der Waals surface area contributed by atoms with Gasteiger partial charge in [-0.3, -0.25) is 15.0 Å². The van der Waals surface area contributed by atoms with Crippen LogP contribution in [0.2, 0.25) is 0 Å². The summed E-state index contributed by atoms with van der Waals surface area (Å²) in [5.74, 6) is -0.0330. The zero-order valence-corrected chi connectivity index (χ0v) is 23.4. The first-order valence-corrected chi connectivity index (χ1v) is 14.1. The third kappa shape index (κ3) is 7.60. The van der Waals surface area contributed by atoms with Crippen LogP contribution in [0.3, 0.4) is 0 Å². The van der Waals surface area contributed by atoms with Crippen molar-refractivity contribution >= 4 is 22.9 Å². The maximum atomic E-state index is 13.2. The number of hydrogen-bond acceptors (Lipinski definition) is 4. The summed E-state index contributed by atoms with van der Waals surface area (Å²) >= 11 is 0. The Balaban J connectivity index is 0.00000205. The highest BCUT2D eigenvalue weighted by molar-refractivity contribution is 6.04. The lowest BCUT2D eigenvalue weighted by atomic mass is 9.86. The molecule has 2 N–H and O–H groups in total. The van der Waals surface area contributed by atoms with Gasteiger partial charge in [-0.05, 0) is 87.0 Å². The molecule has 39 heavy (non-hydrogen) atoms. The molecular weight excluding hydrogens is 505 g/mol. The fraction of sp³-hybridized carbons (Fsp3) is 0.533. The number of carbonyl (C=O) groups excluding carboxylic acids is 1. The van der Waals surface area contributed by atoms with E-state index in [1.807, 2.05) is 30.5 Å². The molecule has 6 nitrogen and oxygen atoms in total. The lowest BCUT2D eigenvalue weighted by Gasteiger charge is -2.29. The fourth-order valence-corrected chi connectivity index (χ4v) is 5.22. The van der Waals surface area contributed by atoms with Crippen LogP contribution < -0.4 is 5.32 Å². The number of nitrogens with zero attached hydrogens (tertiary/aromatic N) is 3. The molecule has 0 atom stereocenters. The quantitative estimate of drug-likeness (QED) is 0.296. The molecule has 3 aromatic rings. The number of anilines is 1. The van der Waals surface area contributed by atoms with Gasteiger partial charge in [-0.25, -0.2) is 4.98 Å². The van der Waals surface area contributed by atoms with E-state index in [4.69, 9.17) is 4.98 Å². The number of nitrogens with one attached hydrogen (secondary N) is 1. The number of halogens is 3. The smallest absolute Gasteiger partial charge is 0.396 e. The monoisotopic (exact) mass is 546 g/mol. The van der Waals surface area contributed by atoms with Crippen LogP contribution in [-0.2, 0) is 12.7 Å². The van der Waals surface area contributed by atoms with Crippen molar-refractivity contribution in [2.24, 2.45) is 5.92 Å². The summed E-state index contributed by atoms with van der Waals surface area (Å²) in [5.41, 5.74) is 1.80. The lowest BCUT2D eigenvalue weighted by Crippen LogP contribution is -2.23. The van der Waals surface area contributed by atoms with E-state index in [2.05, 4.69) is 30.1 Å². The van der Waals surface area contributed by atoms with Crippen molar-refractivity contribution in [3.05, 3.63) is 59.2 Å². The second-order valence-electron chi connectivity index (χ2n) is 9.89. The molecule has 4 rings (SSSR count).